The Hall–Kier alpha value is -0.770. The second-order valence-electron chi connectivity index (χ2n) is 2.89. The summed E-state index contributed by atoms with van der Waals surface area (Å²) in [5.74, 6) is 0.719. The van der Waals surface area contributed by atoms with Gasteiger partial charge in [-0.05, 0) is 0 Å². The number of halogens is 1. The molecule has 0 spiro atoms. The fourth-order valence-corrected chi connectivity index (χ4v) is 1.37. The van der Waals surface area contributed by atoms with Gasteiger partial charge in [0, 0.05) is 0 Å². The van der Waals surface area contributed by atoms with Gasteiger partial charge in [-0.1, -0.05) is 0 Å². The van der Waals surface area contributed by atoms with E-state index in [9.17, 15) is 4.79 Å². The normalized spacial score (nSPS) is 27.8. The number of aliphatic hydroxyl groups is 1. The number of urea groups is 1. The highest BCUT2D eigenvalue weighted by Crippen LogP contribution is 1.98. The quantitative estimate of drug-likeness (QED) is 0.285. The molecule has 2 fully saturated rings. The minimum atomic E-state index is -0.184. The first-order chi connectivity index (χ1) is 6.29. The van der Waals surface area contributed by atoms with E-state index in [0.29, 0.717) is 6.54 Å². The number of carbonyl (C=O) groups is 1. The zero-order valence-corrected chi connectivity index (χ0v) is 9.46. The number of amides is 2. The fourth-order valence-electron chi connectivity index (χ4n) is 1.37. The third kappa shape index (κ3) is 2.18. The van der Waals surface area contributed by atoms with Gasteiger partial charge >= 0.3 is 12.0 Å². The molecule has 2 rings (SSSR count). The first-order valence-electron chi connectivity index (χ1n) is 4.11. The number of rotatable bonds is 2. The number of nitrogens with one attached hydrogen (secondary N) is 5. The van der Waals surface area contributed by atoms with Gasteiger partial charge in [-0.3, -0.25) is 15.6 Å². The number of guanidine groups is 1. The second-order valence-corrected chi connectivity index (χ2v) is 2.89. The summed E-state index contributed by atoms with van der Waals surface area (Å²) >= 11 is 0. The van der Waals surface area contributed by atoms with Gasteiger partial charge in [0.15, 0.2) is 0 Å². The van der Waals surface area contributed by atoms with Crippen LogP contribution in [-0.2, 0) is 0 Å². The van der Waals surface area contributed by atoms with Crippen LogP contribution in [0.5, 0.6) is 0 Å². The van der Waals surface area contributed by atoms with Crippen LogP contribution in [0.2, 0.25) is 0 Å². The summed E-state index contributed by atoms with van der Waals surface area (Å²) in [6, 6.07) is -0.184. The first kappa shape index (κ1) is 11.3. The van der Waals surface area contributed by atoms with E-state index < -0.39 is 0 Å². The Bertz CT molecular complexity index is 241. The van der Waals surface area contributed by atoms with Crippen LogP contribution < -0.4 is 50.2 Å². The van der Waals surface area contributed by atoms with Crippen LogP contribution in [0.4, 0.5) is 4.79 Å². The van der Waals surface area contributed by atoms with Crippen LogP contribution >= 0.6 is 0 Å². The molecule has 2 atom stereocenters. The molecular formula is C6H12IN5O2. The van der Waals surface area contributed by atoms with Crippen LogP contribution in [-0.4, -0.2) is 42.6 Å². The maximum Gasteiger partial charge on any atom is 0.347 e. The monoisotopic (exact) mass is 313 g/mol. The highest BCUT2D eigenvalue weighted by atomic mass is 127. The van der Waals surface area contributed by atoms with E-state index in [-0.39, 0.29) is 48.9 Å². The maximum absolute atomic E-state index is 10.8. The van der Waals surface area contributed by atoms with E-state index in [2.05, 4.69) is 26.3 Å². The molecule has 2 heterocycles. The molecule has 0 aromatic heterocycles. The standard InChI is InChI=1S/C6H11N5O2.HI/c12-2-1-7-5-8-3-4(9-5)11-6(13)10-3;/h3-4,12H,1-2H2,(H2,7,8,9)(H2,10,11,13);1H. The smallest absolute Gasteiger partial charge is 0.347 e. The van der Waals surface area contributed by atoms with Crippen LogP contribution in [0, 0.1) is 0 Å². The SMILES string of the molecule is O=C1NC2NC(=[NH+]CCO)NC2N1.[I-]. The third-order valence-corrected chi connectivity index (χ3v) is 1.92. The van der Waals surface area contributed by atoms with Crippen LogP contribution in [0.25, 0.3) is 0 Å². The largest absolute Gasteiger partial charge is 1.00 e. The first-order valence-corrected chi connectivity index (χ1v) is 4.11. The van der Waals surface area contributed by atoms with Crippen LogP contribution in [0.15, 0.2) is 0 Å². The minimum Gasteiger partial charge on any atom is -1.00 e. The predicted molar refractivity (Wildman–Crippen MR) is 43.4 cm³/mol. The molecule has 0 aromatic rings. The van der Waals surface area contributed by atoms with Crippen molar-refractivity contribution in [3.8, 4) is 0 Å². The molecule has 7 nitrogen and oxygen atoms in total. The lowest BCUT2D eigenvalue weighted by Gasteiger charge is -1.97. The second kappa shape index (κ2) is 4.64. The highest BCUT2D eigenvalue weighted by Gasteiger charge is 2.43. The summed E-state index contributed by atoms with van der Waals surface area (Å²) in [5.41, 5.74) is 0. The summed E-state index contributed by atoms with van der Waals surface area (Å²) in [6.07, 6.45) is -0.234. The van der Waals surface area contributed by atoms with Gasteiger partial charge in [0.05, 0.1) is 13.2 Å². The molecular weight excluding hydrogens is 301 g/mol. The number of carbonyl (C=O) groups excluding carboxylic acids is 1. The average molecular weight is 313 g/mol. The Kier molecular flexibility index (Phi) is 3.75. The van der Waals surface area contributed by atoms with E-state index in [1.54, 1.807) is 0 Å². The Morgan fingerprint density at radius 2 is 1.79 bits per heavy atom. The van der Waals surface area contributed by atoms with Crippen molar-refractivity contribution in [3.05, 3.63) is 0 Å². The maximum atomic E-state index is 10.8. The Morgan fingerprint density at radius 1 is 1.21 bits per heavy atom. The van der Waals surface area contributed by atoms with Crippen molar-refractivity contribution < 1.29 is 38.9 Å². The van der Waals surface area contributed by atoms with Crippen LogP contribution in [0.1, 0.15) is 0 Å². The third-order valence-electron chi connectivity index (χ3n) is 1.92. The average Bonchev–Trinajstić information content (AvgIpc) is 2.57. The molecule has 0 aromatic carbocycles. The zero-order chi connectivity index (χ0) is 9.26. The molecule has 0 aliphatic carbocycles. The molecule has 8 heteroatoms. The summed E-state index contributed by atoms with van der Waals surface area (Å²) in [6.45, 7) is 0.546. The van der Waals surface area contributed by atoms with Crippen molar-refractivity contribution in [1.29, 1.82) is 0 Å². The van der Waals surface area contributed by atoms with E-state index in [0.717, 1.165) is 5.96 Å². The van der Waals surface area contributed by atoms with Crippen molar-refractivity contribution >= 4 is 12.0 Å². The number of aliphatic hydroxyl groups excluding tert-OH is 1. The molecule has 2 aliphatic rings. The highest BCUT2D eigenvalue weighted by molar-refractivity contribution is 5.84. The van der Waals surface area contributed by atoms with Gasteiger partial charge in [0.1, 0.15) is 0 Å². The number of hydrogen-bond acceptors (Lipinski definition) is 2. The van der Waals surface area contributed by atoms with Crippen molar-refractivity contribution in [2.45, 2.75) is 12.3 Å². The molecule has 2 saturated heterocycles. The molecule has 0 saturated carbocycles. The number of hydrogen-bond donors (Lipinski definition) is 6. The minimum absolute atomic E-state index is 0. The van der Waals surface area contributed by atoms with Crippen LogP contribution in [0.3, 0.4) is 0 Å². The van der Waals surface area contributed by atoms with E-state index in [1.807, 2.05) is 0 Å². The molecule has 6 N–H and O–H groups in total. The topological polar surface area (TPSA) is 99.4 Å². The van der Waals surface area contributed by atoms with Crippen molar-refractivity contribution in [2.24, 2.45) is 0 Å². The van der Waals surface area contributed by atoms with Gasteiger partial charge in [-0.2, -0.15) is 0 Å². The van der Waals surface area contributed by atoms with Crippen molar-refractivity contribution in [1.82, 2.24) is 21.3 Å². The predicted octanol–water partition coefficient (Wildman–Crippen LogP) is -7.42. The summed E-state index contributed by atoms with van der Waals surface area (Å²) in [7, 11) is 0. The van der Waals surface area contributed by atoms with Crippen molar-refractivity contribution in [3.63, 3.8) is 0 Å². The molecule has 80 valence electrons. The molecule has 0 bridgehead atoms. The molecule has 0 radical (unpaired) electrons. The Morgan fingerprint density at radius 3 is 2.29 bits per heavy atom. The lowest BCUT2D eigenvalue weighted by atomic mass is 10.4. The molecule has 14 heavy (non-hydrogen) atoms. The summed E-state index contributed by atoms with van der Waals surface area (Å²) < 4.78 is 0. The van der Waals surface area contributed by atoms with Gasteiger partial charge in [-0.15, -0.1) is 0 Å². The van der Waals surface area contributed by atoms with E-state index in [1.165, 1.54) is 0 Å². The summed E-state index contributed by atoms with van der Waals surface area (Å²) in [5, 5.41) is 19.9. The van der Waals surface area contributed by atoms with Gasteiger partial charge in [-0.25, -0.2) is 4.79 Å². The molecule has 2 unspecified atom stereocenters. The molecule has 2 aliphatic heterocycles. The van der Waals surface area contributed by atoms with Gasteiger partial charge in [0.25, 0.3) is 0 Å². The zero-order valence-electron chi connectivity index (χ0n) is 7.30. The fraction of sp³-hybridized carbons (Fsp3) is 0.667. The lowest BCUT2D eigenvalue weighted by molar-refractivity contribution is -0.464. The lowest BCUT2D eigenvalue weighted by Crippen LogP contribution is -3.00. The van der Waals surface area contributed by atoms with Gasteiger partial charge in [0.2, 0.25) is 12.3 Å². The Labute approximate surface area is 97.7 Å². The molecule has 2 amide bonds. The van der Waals surface area contributed by atoms with E-state index in [4.69, 9.17) is 5.11 Å². The number of fused-ring (bicyclic) bond motifs is 1. The summed E-state index contributed by atoms with van der Waals surface area (Å²) in [4.78, 5) is 13.7. The van der Waals surface area contributed by atoms with Gasteiger partial charge < -0.3 is 39.7 Å². The van der Waals surface area contributed by atoms with Crippen molar-refractivity contribution in [2.75, 3.05) is 13.2 Å². The van der Waals surface area contributed by atoms with E-state index >= 15 is 0 Å². The Balaban J connectivity index is 0.000000980.